The molecule has 21 heavy (non-hydrogen) atoms. The lowest BCUT2D eigenvalue weighted by Crippen LogP contribution is -2.51. The third-order valence-corrected chi connectivity index (χ3v) is 3.94. The molecule has 8 nitrogen and oxygen atoms in total. The van der Waals surface area contributed by atoms with E-state index < -0.39 is 5.41 Å². The molecule has 1 aromatic rings. The minimum Gasteiger partial charge on any atom is -0.409 e. The van der Waals surface area contributed by atoms with Crippen LogP contribution in [-0.2, 0) is 11.2 Å². The van der Waals surface area contributed by atoms with Crippen LogP contribution in [0.25, 0.3) is 0 Å². The first-order valence-corrected chi connectivity index (χ1v) is 7.14. The van der Waals surface area contributed by atoms with Gasteiger partial charge in [0.15, 0.2) is 11.7 Å². The fourth-order valence-electron chi connectivity index (χ4n) is 2.75. The zero-order valence-electron chi connectivity index (χ0n) is 12.1. The van der Waals surface area contributed by atoms with Crippen LogP contribution in [0.1, 0.15) is 43.8 Å². The molecular formula is C13H21N5O3. The first-order valence-electron chi connectivity index (χ1n) is 7.14. The Labute approximate surface area is 122 Å². The van der Waals surface area contributed by atoms with Gasteiger partial charge in [-0.2, -0.15) is 4.98 Å². The van der Waals surface area contributed by atoms with Crippen molar-refractivity contribution in [3.8, 4) is 0 Å². The second-order valence-electron chi connectivity index (χ2n) is 5.36. The van der Waals surface area contributed by atoms with Crippen LogP contribution in [0.3, 0.4) is 0 Å². The maximum Gasteiger partial charge on any atom is 0.233 e. The second-order valence-corrected chi connectivity index (χ2v) is 5.36. The largest absolute Gasteiger partial charge is 0.409 e. The van der Waals surface area contributed by atoms with E-state index in [0.717, 1.165) is 19.3 Å². The van der Waals surface area contributed by atoms with E-state index in [9.17, 15) is 4.79 Å². The second kappa shape index (κ2) is 6.55. The van der Waals surface area contributed by atoms with Crippen LogP contribution in [0.5, 0.6) is 0 Å². The highest BCUT2D eigenvalue weighted by atomic mass is 16.5. The van der Waals surface area contributed by atoms with Gasteiger partial charge in [0.2, 0.25) is 11.8 Å². The number of hydrogen-bond acceptors (Lipinski definition) is 6. The number of aromatic nitrogens is 2. The Kier molecular flexibility index (Phi) is 4.77. The molecule has 0 saturated heterocycles. The van der Waals surface area contributed by atoms with E-state index in [4.69, 9.17) is 15.5 Å². The van der Waals surface area contributed by atoms with Crippen LogP contribution in [0, 0.1) is 12.3 Å². The van der Waals surface area contributed by atoms with E-state index >= 15 is 0 Å². The van der Waals surface area contributed by atoms with Crippen molar-refractivity contribution < 1.29 is 14.5 Å². The molecule has 116 valence electrons. The molecule has 0 radical (unpaired) electrons. The summed E-state index contributed by atoms with van der Waals surface area (Å²) in [6, 6.07) is 0. The van der Waals surface area contributed by atoms with Gasteiger partial charge in [0.25, 0.3) is 0 Å². The number of carbonyl (C=O) groups is 1. The molecule has 4 N–H and O–H groups in total. The smallest absolute Gasteiger partial charge is 0.233 e. The van der Waals surface area contributed by atoms with Crippen molar-refractivity contribution in [2.24, 2.45) is 16.3 Å². The summed E-state index contributed by atoms with van der Waals surface area (Å²) in [7, 11) is 0. The van der Waals surface area contributed by atoms with Crippen molar-refractivity contribution in [2.75, 3.05) is 6.54 Å². The van der Waals surface area contributed by atoms with E-state index in [0.29, 0.717) is 37.5 Å². The number of carbonyl (C=O) groups excluding carboxylic acids is 1. The predicted octanol–water partition coefficient (Wildman–Crippen LogP) is 0.734. The molecule has 1 fully saturated rings. The summed E-state index contributed by atoms with van der Waals surface area (Å²) in [5.41, 5.74) is 4.88. The molecule has 1 heterocycles. The number of nitrogens with zero attached hydrogens (tertiary/aromatic N) is 3. The molecule has 0 aliphatic heterocycles. The van der Waals surface area contributed by atoms with Gasteiger partial charge in [0.05, 0.1) is 0 Å². The Morgan fingerprint density at radius 1 is 1.48 bits per heavy atom. The summed E-state index contributed by atoms with van der Waals surface area (Å²) in [5, 5.41) is 18.6. The highest BCUT2D eigenvalue weighted by Gasteiger charge is 2.43. The lowest BCUT2D eigenvalue weighted by Gasteiger charge is -2.34. The summed E-state index contributed by atoms with van der Waals surface area (Å²) in [4.78, 5) is 16.5. The van der Waals surface area contributed by atoms with Gasteiger partial charge in [0.1, 0.15) is 5.41 Å². The number of nitrogens with one attached hydrogen (secondary N) is 1. The number of nitrogens with two attached hydrogens (primary N) is 1. The van der Waals surface area contributed by atoms with Gasteiger partial charge in [-0.15, -0.1) is 0 Å². The van der Waals surface area contributed by atoms with Crippen molar-refractivity contribution in [1.29, 1.82) is 0 Å². The van der Waals surface area contributed by atoms with E-state index in [-0.39, 0.29) is 11.7 Å². The molecular weight excluding hydrogens is 274 g/mol. The SMILES string of the molecule is Cc1nc(CCNC(=O)C2(C(N)=NO)CCCCC2)no1. The molecule has 1 saturated carbocycles. The summed E-state index contributed by atoms with van der Waals surface area (Å²) >= 11 is 0. The molecule has 1 aliphatic carbocycles. The van der Waals surface area contributed by atoms with Crippen LogP contribution < -0.4 is 11.1 Å². The predicted molar refractivity (Wildman–Crippen MR) is 74.7 cm³/mol. The van der Waals surface area contributed by atoms with Gasteiger partial charge in [-0.05, 0) is 12.8 Å². The van der Waals surface area contributed by atoms with E-state index in [1.54, 1.807) is 6.92 Å². The average Bonchev–Trinajstić information content (AvgIpc) is 2.92. The van der Waals surface area contributed by atoms with Crippen LogP contribution in [0.2, 0.25) is 0 Å². The number of oxime groups is 1. The Hall–Kier alpha value is -2.12. The van der Waals surface area contributed by atoms with Crippen molar-refractivity contribution in [1.82, 2.24) is 15.5 Å². The molecule has 0 unspecified atom stereocenters. The van der Waals surface area contributed by atoms with Crippen LogP contribution >= 0.6 is 0 Å². The van der Waals surface area contributed by atoms with Gasteiger partial charge in [0, 0.05) is 19.9 Å². The van der Waals surface area contributed by atoms with Gasteiger partial charge >= 0.3 is 0 Å². The minimum absolute atomic E-state index is 0.00453. The van der Waals surface area contributed by atoms with E-state index in [1.165, 1.54) is 0 Å². The topological polar surface area (TPSA) is 127 Å². The molecule has 0 bridgehead atoms. The number of rotatable bonds is 5. The summed E-state index contributed by atoms with van der Waals surface area (Å²) in [5.74, 6) is 0.846. The van der Waals surface area contributed by atoms with Crippen molar-refractivity contribution in [2.45, 2.75) is 45.4 Å². The van der Waals surface area contributed by atoms with E-state index in [1.807, 2.05) is 0 Å². The molecule has 1 amide bonds. The average molecular weight is 295 g/mol. The first kappa shape index (κ1) is 15.3. The van der Waals surface area contributed by atoms with Gasteiger partial charge in [-0.1, -0.05) is 29.6 Å². The van der Waals surface area contributed by atoms with Gasteiger partial charge in [-0.25, -0.2) is 0 Å². The molecule has 0 atom stereocenters. The third-order valence-electron chi connectivity index (χ3n) is 3.94. The monoisotopic (exact) mass is 295 g/mol. The molecule has 1 aliphatic rings. The molecule has 0 aromatic carbocycles. The lowest BCUT2D eigenvalue weighted by molar-refractivity contribution is -0.129. The number of amidine groups is 1. The summed E-state index contributed by atoms with van der Waals surface area (Å²) < 4.78 is 4.87. The number of hydrogen-bond donors (Lipinski definition) is 3. The Bertz CT molecular complexity index is 520. The van der Waals surface area contributed by atoms with Crippen LogP contribution in [0.4, 0.5) is 0 Å². The minimum atomic E-state index is -0.889. The first-order chi connectivity index (χ1) is 10.1. The zero-order chi connectivity index (χ0) is 15.3. The van der Waals surface area contributed by atoms with Crippen LogP contribution in [0.15, 0.2) is 9.68 Å². The maximum atomic E-state index is 12.5. The molecule has 2 rings (SSSR count). The number of aryl methyl sites for hydroxylation is 1. The Morgan fingerprint density at radius 2 is 2.19 bits per heavy atom. The highest BCUT2D eigenvalue weighted by Crippen LogP contribution is 2.36. The Balaban J connectivity index is 1.95. The quantitative estimate of drug-likeness (QED) is 0.318. The van der Waals surface area contributed by atoms with E-state index in [2.05, 4.69) is 20.6 Å². The van der Waals surface area contributed by atoms with Crippen molar-refractivity contribution >= 4 is 11.7 Å². The maximum absolute atomic E-state index is 12.5. The molecule has 1 aromatic heterocycles. The third kappa shape index (κ3) is 3.32. The fourth-order valence-corrected chi connectivity index (χ4v) is 2.75. The zero-order valence-corrected chi connectivity index (χ0v) is 12.1. The highest BCUT2D eigenvalue weighted by molar-refractivity contribution is 6.06. The number of amides is 1. The molecule has 8 heteroatoms. The summed E-state index contributed by atoms with van der Waals surface area (Å²) in [6.07, 6.45) is 4.55. The summed E-state index contributed by atoms with van der Waals surface area (Å²) in [6.45, 7) is 2.10. The van der Waals surface area contributed by atoms with Gasteiger partial charge in [-0.3, -0.25) is 4.79 Å². The van der Waals surface area contributed by atoms with Crippen molar-refractivity contribution in [3.63, 3.8) is 0 Å². The lowest BCUT2D eigenvalue weighted by atomic mass is 9.72. The fraction of sp³-hybridized carbons (Fsp3) is 0.692. The normalized spacial score (nSPS) is 18.4. The Morgan fingerprint density at radius 3 is 2.76 bits per heavy atom. The van der Waals surface area contributed by atoms with Gasteiger partial charge < -0.3 is 20.8 Å². The van der Waals surface area contributed by atoms with Crippen molar-refractivity contribution in [3.05, 3.63) is 11.7 Å². The molecule has 0 spiro atoms. The standard InChI is InChI=1S/C13H21N5O3/c1-9-16-10(18-21-9)5-8-15-12(19)13(11(14)17-20)6-3-2-4-7-13/h20H,2-8H2,1H3,(H2,14,17)(H,15,19). The van der Waals surface area contributed by atoms with Crippen LogP contribution in [-0.4, -0.2) is 33.6 Å².